The number of rotatable bonds is 3. The fraction of sp³-hybridized carbons (Fsp3) is 0.273. The molecule has 0 saturated carbocycles. The zero-order valence-electron chi connectivity index (χ0n) is 9.45. The highest BCUT2D eigenvalue weighted by molar-refractivity contribution is 7.22. The van der Waals surface area contributed by atoms with Crippen LogP contribution in [0.15, 0.2) is 18.2 Å². The summed E-state index contributed by atoms with van der Waals surface area (Å²) < 4.78 is 1.01. The Bertz CT molecular complexity index is 579. The lowest BCUT2D eigenvalue weighted by molar-refractivity contribution is -0.121. The van der Waals surface area contributed by atoms with E-state index in [1.807, 2.05) is 12.1 Å². The number of amides is 1. The molecule has 0 atom stereocenters. The van der Waals surface area contributed by atoms with Gasteiger partial charge < -0.3 is 11.1 Å². The molecule has 1 aromatic carbocycles. The van der Waals surface area contributed by atoms with E-state index < -0.39 is 11.4 Å². The lowest BCUT2D eigenvalue weighted by Gasteiger charge is -2.21. The molecule has 0 radical (unpaired) electrons. The minimum atomic E-state index is -0.822. The maximum absolute atomic E-state index is 11.2. The lowest BCUT2D eigenvalue weighted by Crippen LogP contribution is -2.44. The molecule has 0 aliphatic heterocycles. The highest BCUT2D eigenvalue weighted by Crippen LogP contribution is 2.29. The fourth-order valence-corrected chi connectivity index (χ4v) is 2.45. The monoisotopic (exact) mass is 269 g/mol. The molecule has 0 bridgehead atoms. The Kier molecular flexibility index (Phi) is 2.97. The highest BCUT2D eigenvalue weighted by atomic mass is 35.5. The zero-order valence-corrected chi connectivity index (χ0v) is 11.0. The van der Waals surface area contributed by atoms with E-state index >= 15 is 0 Å². The number of nitrogens with two attached hydrogens (primary N) is 1. The molecule has 90 valence electrons. The highest BCUT2D eigenvalue weighted by Gasteiger charge is 2.25. The normalized spacial score (nSPS) is 11.7. The molecule has 0 saturated heterocycles. The summed E-state index contributed by atoms with van der Waals surface area (Å²) in [6.45, 7) is 3.43. The van der Waals surface area contributed by atoms with E-state index in [0.29, 0.717) is 10.2 Å². The molecule has 0 aliphatic rings. The maximum atomic E-state index is 11.2. The molecule has 2 aromatic rings. The van der Waals surface area contributed by atoms with Gasteiger partial charge in [0.15, 0.2) is 5.13 Å². The zero-order chi connectivity index (χ0) is 12.6. The third-order valence-corrected chi connectivity index (χ3v) is 3.57. The van der Waals surface area contributed by atoms with E-state index in [2.05, 4.69) is 10.3 Å². The predicted octanol–water partition coefficient (Wildman–Crippen LogP) is 2.63. The van der Waals surface area contributed by atoms with Crippen molar-refractivity contribution in [3.05, 3.63) is 23.2 Å². The number of nitrogens with one attached hydrogen (secondary N) is 1. The smallest absolute Gasteiger partial charge is 0.242 e. The van der Waals surface area contributed by atoms with Crippen molar-refractivity contribution in [3.8, 4) is 0 Å². The minimum Gasteiger partial charge on any atom is -0.368 e. The predicted molar refractivity (Wildman–Crippen MR) is 71.5 cm³/mol. The number of carbonyl (C=O) groups excluding carboxylic acids is 1. The molecule has 4 nitrogen and oxygen atoms in total. The number of anilines is 1. The third-order valence-electron chi connectivity index (χ3n) is 2.39. The van der Waals surface area contributed by atoms with Gasteiger partial charge in [0.1, 0.15) is 5.54 Å². The largest absolute Gasteiger partial charge is 0.368 e. The van der Waals surface area contributed by atoms with Crippen molar-refractivity contribution < 1.29 is 4.79 Å². The van der Waals surface area contributed by atoms with Crippen molar-refractivity contribution in [2.24, 2.45) is 5.73 Å². The number of fused-ring (bicyclic) bond motifs is 1. The molecule has 0 unspecified atom stereocenters. The Morgan fingerprint density at radius 3 is 2.88 bits per heavy atom. The summed E-state index contributed by atoms with van der Waals surface area (Å²) in [4.78, 5) is 15.6. The average molecular weight is 270 g/mol. The molecule has 1 amide bonds. The van der Waals surface area contributed by atoms with Gasteiger partial charge in [-0.25, -0.2) is 4.98 Å². The number of halogens is 1. The molecule has 0 spiro atoms. The summed E-state index contributed by atoms with van der Waals surface area (Å²) in [5.41, 5.74) is 5.28. The van der Waals surface area contributed by atoms with Gasteiger partial charge in [0.05, 0.1) is 10.2 Å². The molecule has 2 rings (SSSR count). The molecule has 3 N–H and O–H groups in total. The first kappa shape index (κ1) is 12.1. The van der Waals surface area contributed by atoms with Gasteiger partial charge in [-0.15, -0.1) is 0 Å². The van der Waals surface area contributed by atoms with Gasteiger partial charge in [-0.1, -0.05) is 22.9 Å². The molecule has 0 aliphatic carbocycles. The summed E-state index contributed by atoms with van der Waals surface area (Å²) in [6, 6.07) is 5.50. The summed E-state index contributed by atoms with van der Waals surface area (Å²) in [7, 11) is 0. The Hall–Kier alpha value is -1.33. The van der Waals surface area contributed by atoms with Gasteiger partial charge in [0.2, 0.25) is 5.91 Å². The first-order chi connectivity index (χ1) is 7.88. The Morgan fingerprint density at radius 2 is 2.24 bits per heavy atom. The van der Waals surface area contributed by atoms with Gasteiger partial charge in [-0.3, -0.25) is 4.79 Å². The van der Waals surface area contributed by atoms with E-state index in [1.54, 1.807) is 19.9 Å². The topological polar surface area (TPSA) is 68.0 Å². The van der Waals surface area contributed by atoms with E-state index in [9.17, 15) is 4.79 Å². The van der Waals surface area contributed by atoms with E-state index in [0.717, 1.165) is 10.2 Å². The summed E-state index contributed by atoms with van der Waals surface area (Å²) in [6.07, 6.45) is 0. The minimum absolute atomic E-state index is 0.421. The van der Waals surface area contributed by atoms with Crippen LogP contribution in [0.2, 0.25) is 5.02 Å². The second-order valence-electron chi connectivity index (χ2n) is 4.25. The van der Waals surface area contributed by atoms with Crippen LogP contribution >= 0.6 is 22.9 Å². The van der Waals surface area contributed by atoms with Crippen molar-refractivity contribution >= 4 is 44.2 Å². The standard InChI is InChI=1S/C11H12ClN3OS/c1-11(2,9(13)16)15-10-14-7-5-6(12)3-4-8(7)17-10/h3-5H,1-2H3,(H2,13,16)(H,14,15). The van der Waals surface area contributed by atoms with Crippen molar-refractivity contribution in [3.63, 3.8) is 0 Å². The van der Waals surface area contributed by atoms with Crippen LogP contribution in [0.3, 0.4) is 0 Å². The average Bonchev–Trinajstić information content (AvgIpc) is 2.57. The van der Waals surface area contributed by atoms with Crippen LogP contribution in [0.5, 0.6) is 0 Å². The van der Waals surface area contributed by atoms with Crippen molar-refractivity contribution in [1.29, 1.82) is 0 Å². The fourth-order valence-electron chi connectivity index (χ4n) is 1.28. The molecular formula is C11H12ClN3OS. The number of primary amides is 1. The third kappa shape index (κ3) is 2.50. The number of thiazole rings is 1. The van der Waals surface area contributed by atoms with Crippen LogP contribution in [0.1, 0.15) is 13.8 Å². The van der Waals surface area contributed by atoms with Crippen LogP contribution in [0.4, 0.5) is 5.13 Å². The summed E-state index contributed by atoms with van der Waals surface area (Å²) in [5.74, 6) is -0.421. The quantitative estimate of drug-likeness (QED) is 0.900. The van der Waals surface area contributed by atoms with Crippen LogP contribution in [-0.2, 0) is 4.79 Å². The van der Waals surface area contributed by atoms with Gasteiger partial charge in [0.25, 0.3) is 0 Å². The van der Waals surface area contributed by atoms with Crippen molar-refractivity contribution in [2.75, 3.05) is 5.32 Å². The second kappa shape index (κ2) is 4.16. The molecule has 17 heavy (non-hydrogen) atoms. The van der Waals surface area contributed by atoms with Crippen LogP contribution in [-0.4, -0.2) is 16.4 Å². The molecule has 0 fully saturated rings. The number of benzene rings is 1. The Morgan fingerprint density at radius 1 is 1.53 bits per heavy atom. The van der Waals surface area contributed by atoms with E-state index in [4.69, 9.17) is 17.3 Å². The van der Waals surface area contributed by atoms with Crippen LogP contribution < -0.4 is 11.1 Å². The van der Waals surface area contributed by atoms with Gasteiger partial charge in [0, 0.05) is 5.02 Å². The van der Waals surface area contributed by atoms with Crippen molar-refractivity contribution in [1.82, 2.24) is 4.98 Å². The first-order valence-corrected chi connectivity index (χ1v) is 6.22. The van der Waals surface area contributed by atoms with Crippen LogP contribution in [0.25, 0.3) is 10.2 Å². The van der Waals surface area contributed by atoms with Gasteiger partial charge in [-0.05, 0) is 32.0 Å². The maximum Gasteiger partial charge on any atom is 0.242 e. The first-order valence-electron chi connectivity index (χ1n) is 5.03. The lowest BCUT2D eigenvalue weighted by atomic mass is 10.1. The second-order valence-corrected chi connectivity index (χ2v) is 5.71. The van der Waals surface area contributed by atoms with Crippen LogP contribution in [0, 0.1) is 0 Å². The van der Waals surface area contributed by atoms with Crippen molar-refractivity contribution in [2.45, 2.75) is 19.4 Å². The molecule has 1 heterocycles. The number of nitrogens with zero attached hydrogens (tertiary/aromatic N) is 1. The molecule has 1 aromatic heterocycles. The summed E-state index contributed by atoms with van der Waals surface area (Å²) in [5, 5.41) is 4.32. The number of hydrogen-bond acceptors (Lipinski definition) is 4. The van der Waals surface area contributed by atoms with E-state index in [-0.39, 0.29) is 0 Å². The molecule has 6 heteroatoms. The number of carbonyl (C=O) groups is 1. The molecular weight excluding hydrogens is 258 g/mol. The summed E-state index contributed by atoms with van der Waals surface area (Å²) >= 11 is 7.34. The number of aromatic nitrogens is 1. The van der Waals surface area contributed by atoms with E-state index in [1.165, 1.54) is 11.3 Å². The van der Waals surface area contributed by atoms with Gasteiger partial charge >= 0.3 is 0 Å². The van der Waals surface area contributed by atoms with Gasteiger partial charge in [-0.2, -0.15) is 0 Å². The Labute approximate surface area is 108 Å². The Balaban J connectivity index is 2.34. The number of hydrogen-bond donors (Lipinski definition) is 2. The SMILES string of the molecule is CC(C)(Nc1nc2cc(Cl)ccc2s1)C(N)=O.